The number of benzene rings is 2. The third-order valence-electron chi connectivity index (χ3n) is 6.31. The topological polar surface area (TPSA) is 60.8 Å². The van der Waals surface area contributed by atoms with Gasteiger partial charge in [0.15, 0.2) is 0 Å². The van der Waals surface area contributed by atoms with Crippen LogP contribution in [0.3, 0.4) is 0 Å². The molecule has 6 nitrogen and oxygen atoms in total. The van der Waals surface area contributed by atoms with Crippen molar-refractivity contribution >= 4 is 22.8 Å². The van der Waals surface area contributed by atoms with E-state index in [1.54, 1.807) is 0 Å². The van der Waals surface area contributed by atoms with Gasteiger partial charge in [0.25, 0.3) is 5.91 Å². The summed E-state index contributed by atoms with van der Waals surface area (Å²) < 4.78 is 13.5. The third-order valence-corrected chi connectivity index (χ3v) is 6.31. The Balaban J connectivity index is 1.58. The lowest BCUT2D eigenvalue weighted by Crippen LogP contribution is -2.41. The van der Waals surface area contributed by atoms with Gasteiger partial charge >= 0.3 is 5.97 Å². The van der Waals surface area contributed by atoms with Gasteiger partial charge < -0.3 is 18.9 Å². The number of likely N-dealkylation sites (tertiary alicyclic amines) is 1. The highest BCUT2D eigenvalue weighted by atomic mass is 16.5. The Hall–Kier alpha value is -3.28. The van der Waals surface area contributed by atoms with Gasteiger partial charge in [-0.1, -0.05) is 50.2 Å². The third kappa shape index (κ3) is 5.27. The molecule has 34 heavy (non-hydrogen) atoms. The largest absolute Gasteiger partial charge is 0.488 e. The lowest BCUT2D eigenvalue weighted by atomic mass is 9.97. The normalized spacial score (nSPS) is 14.5. The minimum atomic E-state index is -0.149. The number of nitrogens with zero attached hydrogens (tertiary/aromatic N) is 2. The minimum Gasteiger partial charge on any atom is -0.488 e. The summed E-state index contributed by atoms with van der Waals surface area (Å²) in [5, 5.41) is 0.948. The summed E-state index contributed by atoms with van der Waals surface area (Å²) in [5.41, 5.74) is 2.78. The van der Waals surface area contributed by atoms with Crippen molar-refractivity contribution < 1.29 is 19.1 Å². The molecule has 0 atom stereocenters. The summed E-state index contributed by atoms with van der Waals surface area (Å²) in [4.78, 5) is 27.6. The van der Waals surface area contributed by atoms with E-state index in [1.165, 1.54) is 0 Å². The summed E-state index contributed by atoms with van der Waals surface area (Å²) in [5.74, 6) is 0.893. The van der Waals surface area contributed by atoms with Crippen LogP contribution < -0.4 is 4.74 Å². The molecule has 0 aliphatic carbocycles. The Morgan fingerprint density at radius 2 is 1.76 bits per heavy atom. The molecular weight excluding hydrogens is 428 g/mol. The highest BCUT2D eigenvalue weighted by molar-refractivity contribution is 6.00. The molecule has 1 amide bonds. The van der Waals surface area contributed by atoms with E-state index in [0.29, 0.717) is 50.8 Å². The van der Waals surface area contributed by atoms with Crippen molar-refractivity contribution in [2.24, 2.45) is 11.8 Å². The smallest absolute Gasteiger partial charge is 0.309 e. The molecule has 0 saturated carbocycles. The summed E-state index contributed by atoms with van der Waals surface area (Å²) in [6, 6.07) is 18.0. The fourth-order valence-corrected chi connectivity index (χ4v) is 4.60. The fourth-order valence-electron chi connectivity index (χ4n) is 4.60. The van der Waals surface area contributed by atoms with Crippen molar-refractivity contribution in [3.8, 4) is 5.75 Å². The lowest BCUT2D eigenvalue weighted by molar-refractivity contribution is -0.149. The molecule has 6 heteroatoms. The van der Waals surface area contributed by atoms with Crippen molar-refractivity contribution in [1.82, 2.24) is 9.47 Å². The average molecular weight is 463 g/mol. The van der Waals surface area contributed by atoms with Gasteiger partial charge in [-0.15, -0.1) is 0 Å². The zero-order valence-corrected chi connectivity index (χ0v) is 20.3. The predicted molar refractivity (Wildman–Crippen MR) is 133 cm³/mol. The molecule has 0 bridgehead atoms. The molecular formula is C28H34N2O4. The van der Waals surface area contributed by atoms with Crippen LogP contribution in [0.15, 0.2) is 54.6 Å². The van der Waals surface area contributed by atoms with Crippen molar-refractivity contribution in [3.05, 3.63) is 65.9 Å². The molecule has 4 rings (SSSR count). The van der Waals surface area contributed by atoms with Crippen LogP contribution >= 0.6 is 0 Å². The number of ether oxygens (including phenoxy) is 2. The molecule has 1 aliphatic rings. The number of carbonyl (C=O) groups excluding carboxylic acids is 2. The Bertz CT molecular complexity index is 1130. The van der Waals surface area contributed by atoms with Crippen LogP contribution in [0.5, 0.6) is 5.75 Å². The SMILES string of the molecule is CCOC(=O)C1CCN(C(=O)c2cc3c(OCc4ccccc4)cccc3n2CC(C)C)CC1. The molecule has 2 heterocycles. The molecule has 0 spiro atoms. The number of fused-ring (bicyclic) bond motifs is 1. The maximum absolute atomic E-state index is 13.6. The summed E-state index contributed by atoms with van der Waals surface area (Å²) in [6.07, 6.45) is 1.28. The van der Waals surface area contributed by atoms with E-state index in [4.69, 9.17) is 9.47 Å². The van der Waals surface area contributed by atoms with E-state index in [2.05, 4.69) is 24.5 Å². The van der Waals surface area contributed by atoms with Crippen LogP contribution in [-0.4, -0.2) is 41.0 Å². The van der Waals surface area contributed by atoms with Crippen molar-refractivity contribution in [2.75, 3.05) is 19.7 Å². The highest BCUT2D eigenvalue weighted by Crippen LogP contribution is 2.32. The van der Waals surface area contributed by atoms with E-state index < -0.39 is 0 Å². The van der Waals surface area contributed by atoms with E-state index in [0.717, 1.165) is 28.8 Å². The fraction of sp³-hybridized carbons (Fsp3) is 0.429. The molecule has 0 unspecified atom stereocenters. The van der Waals surface area contributed by atoms with E-state index in [1.807, 2.05) is 60.4 Å². The zero-order valence-electron chi connectivity index (χ0n) is 20.3. The highest BCUT2D eigenvalue weighted by Gasteiger charge is 2.30. The molecule has 1 saturated heterocycles. The summed E-state index contributed by atoms with van der Waals surface area (Å²) >= 11 is 0. The molecule has 1 aliphatic heterocycles. The number of hydrogen-bond donors (Lipinski definition) is 0. The van der Waals surface area contributed by atoms with Crippen LogP contribution in [0.1, 0.15) is 49.7 Å². The van der Waals surface area contributed by atoms with Crippen molar-refractivity contribution in [3.63, 3.8) is 0 Å². The van der Waals surface area contributed by atoms with Crippen LogP contribution in [-0.2, 0) is 22.7 Å². The molecule has 180 valence electrons. The number of hydrogen-bond acceptors (Lipinski definition) is 4. The number of amides is 1. The Kier molecular flexibility index (Phi) is 7.56. The van der Waals surface area contributed by atoms with Crippen molar-refractivity contribution in [1.29, 1.82) is 0 Å². The first-order chi connectivity index (χ1) is 16.5. The molecule has 1 aromatic heterocycles. The van der Waals surface area contributed by atoms with Gasteiger partial charge in [-0.25, -0.2) is 0 Å². The second-order valence-electron chi connectivity index (χ2n) is 9.32. The van der Waals surface area contributed by atoms with Gasteiger partial charge in [0.05, 0.1) is 18.0 Å². The molecule has 2 aromatic carbocycles. The quantitative estimate of drug-likeness (QED) is 0.427. The maximum Gasteiger partial charge on any atom is 0.309 e. The molecule has 3 aromatic rings. The summed E-state index contributed by atoms with van der Waals surface area (Å²) in [6.45, 7) is 8.85. The second-order valence-corrected chi connectivity index (χ2v) is 9.32. The zero-order chi connectivity index (χ0) is 24.1. The lowest BCUT2D eigenvalue weighted by Gasteiger charge is -2.31. The van der Waals surface area contributed by atoms with Crippen LogP contribution in [0.2, 0.25) is 0 Å². The van der Waals surface area contributed by atoms with E-state index in [-0.39, 0.29) is 17.8 Å². The molecule has 0 N–H and O–H groups in total. The summed E-state index contributed by atoms with van der Waals surface area (Å²) in [7, 11) is 0. The minimum absolute atomic E-state index is 0.00756. The standard InChI is InChI=1S/C28H34N2O4/c1-4-33-28(32)22-13-15-29(16-14-22)27(31)25-17-23-24(30(25)18-20(2)3)11-8-12-26(23)34-19-21-9-6-5-7-10-21/h5-12,17,20,22H,4,13-16,18-19H2,1-3H3. The van der Waals surface area contributed by atoms with Crippen LogP contribution in [0.4, 0.5) is 0 Å². The van der Waals surface area contributed by atoms with Gasteiger partial charge in [-0.05, 0) is 49.4 Å². The van der Waals surface area contributed by atoms with E-state index >= 15 is 0 Å². The number of aromatic nitrogens is 1. The first-order valence-corrected chi connectivity index (χ1v) is 12.2. The number of rotatable bonds is 8. The Morgan fingerprint density at radius 1 is 1.03 bits per heavy atom. The van der Waals surface area contributed by atoms with Gasteiger partial charge in [0.1, 0.15) is 18.1 Å². The van der Waals surface area contributed by atoms with Gasteiger partial charge in [0, 0.05) is 25.0 Å². The van der Waals surface area contributed by atoms with Crippen molar-refractivity contribution in [2.45, 2.75) is 46.8 Å². The van der Waals surface area contributed by atoms with Gasteiger partial charge in [0.2, 0.25) is 0 Å². The number of carbonyl (C=O) groups is 2. The van der Waals surface area contributed by atoms with E-state index in [9.17, 15) is 9.59 Å². The Morgan fingerprint density at radius 3 is 2.44 bits per heavy atom. The molecule has 0 radical (unpaired) electrons. The molecule has 1 fully saturated rings. The number of esters is 1. The number of piperidine rings is 1. The Labute approximate surface area is 201 Å². The first-order valence-electron chi connectivity index (χ1n) is 12.2. The van der Waals surface area contributed by atoms with Gasteiger partial charge in [-0.2, -0.15) is 0 Å². The monoisotopic (exact) mass is 462 g/mol. The van der Waals surface area contributed by atoms with Crippen LogP contribution in [0.25, 0.3) is 10.9 Å². The maximum atomic E-state index is 13.6. The second kappa shape index (κ2) is 10.8. The average Bonchev–Trinajstić information content (AvgIpc) is 3.21. The van der Waals surface area contributed by atoms with Crippen LogP contribution in [0, 0.1) is 11.8 Å². The predicted octanol–water partition coefficient (Wildman–Crippen LogP) is 5.29. The van der Waals surface area contributed by atoms with Gasteiger partial charge in [-0.3, -0.25) is 9.59 Å². The first kappa shape index (κ1) is 23.9.